The molecule has 2 aliphatic heterocycles. The van der Waals surface area contributed by atoms with Gasteiger partial charge in [0.2, 0.25) is 0 Å². The zero-order chi connectivity index (χ0) is 27.7. The lowest BCUT2D eigenvalue weighted by molar-refractivity contribution is -0.134. The summed E-state index contributed by atoms with van der Waals surface area (Å²) in [6.45, 7) is 1.46. The zero-order valence-corrected chi connectivity index (χ0v) is 22.1. The smallest absolute Gasteiger partial charge is 0.265 e. The van der Waals surface area contributed by atoms with Crippen molar-refractivity contribution in [1.29, 1.82) is 0 Å². The highest BCUT2D eigenvalue weighted by atomic mass is 16.5. The van der Waals surface area contributed by atoms with E-state index in [0.717, 1.165) is 5.56 Å². The molecule has 1 fully saturated rings. The van der Waals surface area contributed by atoms with Gasteiger partial charge in [-0.15, -0.1) is 0 Å². The van der Waals surface area contributed by atoms with E-state index < -0.39 is 18.1 Å². The van der Waals surface area contributed by atoms with E-state index in [2.05, 4.69) is 5.32 Å². The molecule has 0 aromatic heterocycles. The highest BCUT2D eigenvalue weighted by Gasteiger charge is 2.56. The van der Waals surface area contributed by atoms with Gasteiger partial charge in [0.25, 0.3) is 11.8 Å². The van der Waals surface area contributed by atoms with Crippen LogP contribution in [0.1, 0.15) is 40.5 Å². The van der Waals surface area contributed by atoms with Crippen molar-refractivity contribution >= 4 is 17.6 Å². The van der Waals surface area contributed by atoms with Crippen LogP contribution >= 0.6 is 0 Å². The zero-order valence-electron chi connectivity index (χ0n) is 22.1. The third kappa shape index (κ3) is 4.51. The lowest BCUT2D eigenvalue weighted by Gasteiger charge is -2.34. The fourth-order valence-electron chi connectivity index (χ4n) is 5.26. The molecule has 39 heavy (non-hydrogen) atoms. The third-order valence-corrected chi connectivity index (χ3v) is 7.06. The van der Waals surface area contributed by atoms with Gasteiger partial charge in [-0.05, 0) is 24.6 Å². The van der Waals surface area contributed by atoms with E-state index in [4.69, 9.17) is 14.2 Å². The maximum absolute atomic E-state index is 13.9. The average Bonchev–Trinajstić information content (AvgIpc) is 3.48. The van der Waals surface area contributed by atoms with Gasteiger partial charge >= 0.3 is 0 Å². The Morgan fingerprint density at radius 2 is 1.44 bits per heavy atom. The van der Waals surface area contributed by atoms with Crippen molar-refractivity contribution < 1.29 is 28.6 Å². The molecule has 200 valence electrons. The van der Waals surface area contributed by atoms with E-state index in [-0.39, 0.29) is 17.6 Å². The second kappa shape index (κ2) is 10.6. The Hall–Kier alpha value is -4.63. The minimum atomic E-state index is -0.928. The molecule has 1 saturated heterocycles. The molecule has 5 rings (SSSR count). The van der Waals surface area contributed by atoms with Crippen LogP contribution < -0.4 is 19.5 Å². The number of ketones is 1. The number of Topliss-reactive ketones (excluding diaryl/α,β-unsaturated/α-hetero) is 1. The topological polar surface area (TPSA) is 97.4 Å². The molecule has 0 aliphatic carbocycles. The van der Waals surface area contributed by atoms with Gasteiger partial charge in [0.15, 0.2) is 5.78 Å². The molecule has 3 aromatic carbocycles. The van der Waals surface area contributed by atoms with Crippen LogP contribution in [-0.4, -0.2) is 55.0 Å². The molecule has 9 nitrogen and oxygen atoms in total. The molecule has 9 heteroatoms. The maximum atomic E-state index is 13.9. The Morgan fingerprint density at radius 1 is 0.846 bits per heavy atom. The molecule has 2 aliphatic rings. The van der Waals surface area contributed by atoms with E-state index in [9.17, 15) is 14.4 Å². The number of benzene rings is 3. The van der Waals surface area contributed by atoms with Gasteiger partial charge in [0.1, 0.15) is 23.3 Å². The summed E-state index contributed by atoms with van der Waals surface area (Å²) < 4.78 is 16.9. The van der Waals surface area contributed by atoms with Crippen LogP contribution in [0.2, 0.25) is 0 Å². The third-order valence-electron chi connectivity index (χ3n) is 7.06. The molecule has 3 atom stereocenters. The SMILES string of the molecule is COc1cc(OC)c([C@@H]2C(C(C)=O)=CN3C(=O)[C@H](NC(=O)c4ccccc4)[C@@H](c4ccccc4)N23)c(OC)c1. The molecule has 0 spiro atoms. The summed E-state index contributed by atoms with van der Waals surface area (Å²) in [7, 11) is 4.58. The van der Waals surface area contributed by atoms with Crippen LogP contribution in [0.15, 0.2) is 84.6 Å². The number of rotatable bonds is 8. The number of methoxy groups -OCH3 is 3. The number of nitrogens with zero attached hydrogens (tertiary/aromatic N) is 2. The Morgan fingerprint density at radius 3 is 1.97 bits per heavy atom. The van der Waals surface area contributed by atoms with Crippen LogP contribution in [0.5, 0.6) is 17.2 Å². The quantitative estimate of drug-likeness (QED) is 0.475. The summed E-state index contributed by atoms with van der Waals surface area (Å²) in [5.74, 6) is 0.437. The predicted molar refractivity (Wildman–Crippen MR) is 143 cm³/mol. The number of ether oxygens (including phenoxy) is 3. The number of fused-ring (bicyclic) bond motifs is 1. The standard InChI is InChI=1S/C30H29N3O6/c1-18(34)22-17-32-30(36)26(31-29(35)20-13-9-6-10-14-20)27(19-11-7-5-8-12-19)33(32)28(22)25-23(38-3)15-21(37-2)16-24(25)39-4/h5-17,26-28H,1-4H3,(H,31,35)/t26-,27-,28+/m1/s1. The molecule has 2 amide bonds. The fourth-order valence-corrected chi connectivity index (χ4v) is 5.26. The van der Waals surface area contributed by atoms with E-state index in [1.807, 2.05) is 41.4 Å². The van der Waals surface area contributed by atoms with Crippen molar-refractivity contribution in [2.75, 3.05) is 21.3 Å². The lowest BCUT2D eigenvalue weighted by atomic mass is 9.91. The van der Waals surface area contributed by atoms with Crippen molar-refractivity contribution in [3.63, 3.8) is 0 Å². The van der Waals surface area contributed by atoms with Crippen molar-refractivity contribution in [3.05, 3.63) is 101 Å². The molecule has 3 aromatic rings. The minimum Gasteiger partial charge on any atom is -0.496 e. The summed E-state index contributed by atoms with van der Waals surface area (Å²) in [6.07, 6.45) is 1.54. The lowest BCUT2D eigenvalue weighted by Crippen LogP contribution is -2.43. The minimum absolute atomic E-state index is 0.209. The Balaban J connectivity index is 1.67. The second-order valence-corrected chi connectivity index (χ2v) is 9.22. The van der Waals surface area contributed by atoms with Gasteiger partial charge in [-0.3, -0.25) is 14.4 Å². The number of hydrogen-bond acceptors (Lipinski definition) is 7. The molecule has 1 N–H and O–H groups in total. The second-order valence-electron chi connectivity index (χ2n) is 9.22. The fraction of sp³-hybridized carbons (Fsp3) is 0.233. The van der Waals surface area contributed by atoms with Gasteiger partial charge in [-0.2, -0.15) is 5.01 Å². The van der Waals surface area contributed by atoms with E-state index in [1.165, 1.54) is 33.3 Å². The predicted octanol–water partition coefficient (Wildman–Crippen LogP) is 3.84. The van der Waals surface area contributed by atoms with Crippen molar-refractivity contribution in [2.24, 2.45) is 0 Å². The van der Waals surface area contributed by atoms with Crippen LogP contribution in [0.3, 0.4) is 0 Å². The first kappa shape index (κ1) is 26.0. The molecule has 0 bridgehead atoms. The summed E-state index contributed by atoms with van der Waals surface area (Å²) >= 11 is 0. The van der Waals surface area contributed by atoms with Gasteiger partial charge in [0, 0.05) is 29.5 Å². The number of nitrogens with one attached hydrogen (secondary N) is 1. The van der Waals surface area contributed by atoms with E-state index in [0.29, 0.717) is 33.9 Å². The molecule has 0 radical (unpaired) electrons. The van der Waals surface area contributed by atoms with Crippen LogP contribution in [0, 0.1) is 0 Å². The number of amides is 2. The van der Waals surface area contributed by atoms with Gasteiger partial charge in [-0.25, -0.2) is 5.01 Å². The Kier molecular flexibility index (Phi) is 7.08. The molecular weight excluding hydrogens is 498 g/mol. The number of hydrogen-bond donors (Lipinski definition) is 1. The maximum Gasteiger partial charge on any atom is 0.265 e. The molecule has 0 unspecified atom stereocenters. The van der Waals surface area contributed by atoms with Gasteiger partial charge in [-0.1, -0.05) is 48.5 Å². The Bertz CT molecular complexity index is 1410. The summed E-state index contributed by atoms with van der Waals surface area (Å²) in [6, 6.07) is 19.3. The highest BCUT2D eigenvalue weighted by molar-refractivity contribution is 6.01. The van der Waals surface area contributed by atoms with E-state index in [1.54, 1.807) is 42.6 Å². The van der Waals surface area contributed by atoms with Crippen molar-refractivity contribution in [3.8, 4) is 17.2 Å². The number of carbonyl (C=O) groups excluding carboxylic acids is 3. The summed E-state index contributed by atoms with van der Waals surface area (Å²) in [5.41, 5.74) is 2.18. The molecule has 2 heterocycles. The first-order valence-electron chi connectivity index (χ1n) is 12.4. The van der Waals surface area contributed by atoms with Crippen LogP contribution in [0.4, 0.5) is 0 Å². The molecular formula is C30H29N3O6. The monoisotopic (exact) mass is 527 g/mol. The van der Waals surface area contributed by atoms with Gasteiger partial charge < -0.3 is 19.5 Å². The van der Waals surface area contributed by atoms with Crippen molar-refractivity contribution in [1.82, 2.24) is 15.3 Å². The normalized spacial score (nSPS) is 20.3. The summed E-state index contributed by atoms with van der Waals surface area (Å²) in [4.78, 5) is 40.1. The first-order chi connectivity index (χ1) is 18.9. The van der Waals surface area contributed by atoms with Crippen LogP contribution in [-0.2, 0) is 9.59 Å². The number of hydrazine groups is 1. The highest BCUT2D eigenvalue weighted by Crippen LogP contribution is 2.52. The number of carbonyl (C=O) groups is 3. The van der Waals surface area contributed by atoms with Crippen molar-refractivity contribution in [2.45, 2.75) is 25.0 Å². The molecule has 0 saturated carbocycles. The first-order valence-corrected chi connectivity index (χ1v) is 12.4. The average molecular weight is 528 g/mol. The van der Waals surface area contributed by atoms with Crippen LogP contribution in [0.25, 0.3) is 0 Å². The largest absolute Gasteiger partial charge is 0.496 e. The Labute approximate surface area is 226 Å². The van der Waals surface area contributed by atoms with E-state index >= 15 is 0 Å². The summed E-state index contributed by atoms with van der Waals surface area (Å²) in [5, 5.41) is 6.19. The van der Waals surface area contributed by atoms with Gasteiger partial charge in [0.05, 0.1) is 39.0 Å².